The molecule has 5 heterocycles. The van der Waals surface area contributed by atoms with Gasteiger partial charge >= 0.3 is 6.18 Å². The molecule has 3 atom stereocenters. The van der Waals surface area contributed by atoms with Crippen molar-refractivity contribution in [3.63, 3.8) is 0 Å². The third-order valence-corrected chi connectivity index (χ3v) is 5.97. The first-order chi connectivity index (χ1) is 15.2. The molecule has 0 bridgehead atoms. The van der Waals surface area contributed by atoms with Gasteiger partial charge in [-0.25, -0.2) is 19.3 Å². The number of fused-ring (bicyclic) bond motifs is 1. The van der Waals surface area contributed by atoms with Gasteiger partial charge in [-0.3, -0.25) is 4.40 Å². The fourth-order valence-corrected chi connectivity index (χ4v) is 4.09. The Bertz CT molecular complexity index is 1140. The molecule has 2 aliphatic rings. The van der Waals surface area contributed by atoms with Crippen molar-refractivity contribution in [1.29, 1.82) is 0 Å². The van der Waals surface area contributed by atoms with Gasteiger partial charge in [-0.1, -0.05) is 6.07 Å². The van der Waals surface area contributed by atoms with E-state index < -0.39 is 30.9 Å². The van der Waals surface area contributed by atoms with Gasteiger partial charge in [-0.15, -0.1) is 0 Å². The number of aliphatic hydroxyl groups is 1. The molecule has 0 radical (unpaired) electrons. The van der Waals surface area contributed by atoms with Crippen LogP contribution in [-0.4, -0.2) is 74.6 Å². The van der Waals surface area contributed by atoms with E-state index in [2.05, 4.69) is 25.6 Å². The molecule has 170 valence electrons. The maximum atomic E-state index is 13.9. The Labute approximate surface area is 180 Å². The highest BCUT2D eigenvalue weighted by atomic mass is 19.4. The minimum Gasteiger partial charge on any atom is -0.379 e. The predicted octanol–water partition coefficient (Wildman–Crippen LogP) is 2.02. The highest BCUT2D eigenvalue weighted by Crippen LogP contribution is 2.39. The molecule has 0 saturated carbocycles. The molecule has 2 fully saturated rings. The number of β-amino-alcohol motifs (C(OH)–C–C–N with tert-alkyl or cyclic N) is 1. The Balaban J connectivity index is 1.43. The number of hydrogen-bond donors (Lipinski definition) is 3. The molecular weight excluding hydrogens is 430 g/mol. The molecule has 3 N–H and O–H groups in total. The summed E-state index contributed by atoms with van der Waals surface area (Å²) < 4.78 is 55.1. The van der Waals surface area contributed by atoms with Gasteiger partial charge in [-0.05, 0) is 12.1 Å². The largest absolute Gasteiger partial charge is 0.418 e. The van der Waals surface area contributed by atoms with Gasteiger partial charge in [0, 0.05) is 26.1 Å². The summed E-state index contributed by atoms with van der Waals surface area (Å²) >= 11 is 0. The van der Waals surface area contributed by atoms with Crippen LogP contribution in [0.5, 0.6) is 0 Å². The Morgan fingerprint density at radius 2 is 2.03 bits per heavy atom. The lowest BCUT2D eigenvalue weighted by Gasteiger charge is -2.26. The molecule has 0 aliphatic carbocycles. The van der Waals surface area contributed by atoms with Gasteiger partial charge < -0.3 is 20.6 Å². The molecule has 1 unspecified atom stereocenters. The second-order valence-corrected chi connectivity index (χ2v) is 8.15. The van der Waals surface area contributed by atoms with Gasteiger partial charge in [0.15, 0.2) is 11.2 Å². The maximum Gasteiger partial charge on any atom is 0.418 e. The Morgan fingerprint density at radius 1 is 1.19 bits per heavy atom. The number of anilines is 2. The summed E-state index contributed by atoms with van der Waals surface area (Å²) in [5, 5.41) is 16.0. The minimum atomic E-state index is -4.71. The van der Waals surface area contributed by atoms with E-state index in [1.54, 1.807) is 35.0 Å². The number of alkyl halides is 4. The van der Waals surface area contributed by atoms with Crippen molar-refractivity contribution < 1.29 is 22.7 Å². The molecule has 12 heteroatoms. The van der Waals surface area contributed by atoms with Crippen molar-refractivity contribution in [3.05, 3.63) is 36.8 Å². The van der Waals surface area contributed by atoms with E-state index in [0.29, 0.717) is 41.8 Å². The van der Waals surface area contributed by atoms with Crippen LogP contribution >= 0.6 is 0 Å². The minimum absolute atomic E-state index is 0.0238. The smallest absolute Gasteiger partial charge is 0.379 e. The first-order valence-electron chi connectivity index (χ1n) is 10.2. The summed E-state index contributed by atoms with van der Waals surface area (Å²) in [6.07, 6.45) is -1.51. The SMILES string of the molecule is OC1(C(F)(F)F)CCN(c2cn3c(-c4cccc(N[C@H]5CNC[C@@H]5F)n4)cnc3cn2)C1. The topological polar surface area (TPSA) is 90.6 Å². The van der Waals surface area contributed by atoms with Gasteiger partial charge in [0.05, 0.1) is 42.6 Å². The summed E-state index contributed by atoms with van der Waals surface area (Å²) in [6.45, 7) is 0.227. The van der Waals surface area contributed by atoms with E-state index in [9.17, 15) is 22.7 Å². The van der Waals surface area contributed by atoms with Crippen LogP contribution in [0, 0.1) is 0 Å². The lowest BCUT2D eigenvalue weighted by Crippen LogP contribution is -2.47. The zero-order valence-corrected chi connectivity index (χ0v) is 16.8. The Morgan fingerprint density at radius 3 is 2.75 bits per heavy atom. The lowest BCUT2D eigenvalue weighted by molar-refractivity contribution is -0.250. The van der Waals surface area contributed by atoms with Crippen LogP contribution in [-0.2, 0) is 0 Å². The van der Waals surface area contributed by atoms with Gasteiger partial charge in [0.25, 0.3) is 0 Å². The second-order valence-electron chi connectivity index (χ2n) is 8.15. The van der Waals surface area contributed by atoms with E-state index in [1.165, 1.54) is 11.1 Å². The fourth-order valence-electron chi connectivity index (χ4n) is 4.09. The highest BCUT2D eigenvalue weighted by molar-refractivity contribution is 5.63. The molecule has 32 heavy (non-hydrogen) atoms. The van der Waals surface area contributed by atoms with Crippen molar-refractivity contribution in [2.45, 2.75) is 30.4 Å². The van der Waals surface area contributed by atoms with Crippen molar-refractivity contribution in [2.24, 2.45) is 0 Å². The maximum absolute atomic E-state index is 13.9. The van der Waals surface area contributed by atoms with Crippen molar-refractivity contribution in [2.75, 3.05) is 36.4 Å². The average molecular weight is 451 g/mol. The molecule has 0 amide bonds. The van der Waals surface area contributed by atoms with Crippen LogP contribution in [0.15, 0.2) is 36.8 Å². The molecule has 2 aliphatic heterocycles. The van der Waals surface area contributed by atoms with Gasteiger partial charge in [0.1, 0.15) is 17.8 Å². The molecule has 8 nitrogen and oxygen atoms in total. The molecule has 3 aromatic rings. The van der Waals surface area contributed by atoms with Crippen LogP contribution < -0.4 is 15.5 Å². The zero-order valence-electron chi connectivity index (χ0n) is 16.8. The number of halogens is 4. The number of pyridine rings is 1. The summed E-state index contributed by atoms with van der Waals surface area (Å²) in [7, 11) is 0. The van der Waals surface area contributed by atoms with Crippen molar-refractivity contribution in [1.82, 2.24) is 24.7 Å². The molecule has 0 spiro atoms. The number of imidazole rings is 1. The second kappa shape index (κ2) is 7.55. The molecule has 3 aromatic heterocycles. The third kappa shape index (κ3) is 3.62. The van der Waals surface area contributed by atoms with E-state index in [4.69, 9.17) is 0 Å². The first kappa shape index (κ1) is 20.9. The monoisotopic (exact) mass is 451 g/mol. The molecule has 0 aromatic carbocycles. The summed E-state index contributed by atoms with van der Waals surface area (Å²) in [6, 6.07) is 4.92. The lowest BCUT2D eigenvalue weighted by atomic mass is 10.0. The highest BCUT2D eigenvalue weighted by Gasteiger charge is 2.57. The van der Waals surface area contributed by atoms with E-state index in [1.807, 2.05) is 0 Å². The summed E-state index contributed by atoms with van der Waals surface area (Å²) in [4.78, 5) is 14.5. The van der Waals surface area contributed by atoms with Gasteiger partial charge in [-0.2, -0.15) is 13.2 Å². The van der Waals surface area contributed by atoms with Crippen LogP contribution in [0.25, 0.3) is 17.0 Å². The molecular formula is C20H21F4N7O. The molecule has 2 saturated heterocycles. The number of nitrogens with zero attached hydrogens (tertiary/aromatic N) is 5. The van der Waals surface area contributed by atoms with Crippen LogP contribution in [0.1, 0.15) is 6.42 Å². The Kier molecular flexibility index (Phi) is 4.93. The number of rotatable bonds is 4. The average Bonchev–Trinajstić information content (AvgIpc) is 3.47. The normalized spacial score (nSPS) is 26.2. The number of hydrogen-bond acceptors (Lipinski definition) is 7. The first-order valence-corrected chi connectivity index (χ1v) is 10.2. The predicted molar refractivity (Wildman–Crippen MR) is 109 cm³/mol. The standard InChI is InChI=1S/C20H21F4N7O/c21-12-6-25-7-14(12)29-16-3-1-2-13(28-16)15-8-26-17-9-27-18(10-31(15)17)30-5-4-19(32,11-30)20(22,23)24/h1-3,8-10,12,14,25,32H,4-7,11H2,(H,28,29)/t12-,14-,19?/m0/s1. The third-order valence-electron chi connectivity index (χ3n) is 5.97. The quantitative estimate of drug-likeness (QED) is 0.523. The van der Waals surface area contributed by atoms with E-state index in [-0.39, 0.29) is 12.6 Å². The van der Waals surface area contributed by atoms with Crippen LogP contribution in [0.3, 0.4) is 0 Å². The number of nitrogens with one attached hydrogen (secondary N) is 2. The van der Waals surface area contributed by atoms with E-state index in [0.717, 1.165) is 0 Å². The van der Waals surface area contributed by atoms with Crippen LogP contribution in [0.4, 0.5) is 29.2 Å². The van der Waals surface area contributed by atoms with Crippen molar-refractivity contribution in [3.8, 4) is 11.4 Å². The summed E-state index contributed by atoms with van der Waals surface area (Å²) in [5.74, 6) is 0.807. The fraction of sp³-hybridized carbons (Fsp3) is 0.450. The van der Waals surface area contributed by atoms with Gasteiger partial charge in [0.2, 0.25) is 0 Å². The van der Waals surface area contributed by atoms with Crippen molar-refractivity contribution >= 4 is 17.3 Å². The van der Waals surface area contributed by atoms with Crippen LogP contribution in [0.2, 0.25) is 0 Å². The van der Waals surface area contributed by atoms with E-state index >= 15 is 0 Å². The zero-order chi connectivity index (χ0) is 22.5. The number of aromatic nitrogens is 4. The summed E-state index contributed by atoms with van der Waals surface area (Å²) in [5.41, 5.74) is -1.09. The molecule has 5 rings (SSSR count). The Hall–Kier alpha value is -2.99.